The number of aryl methyl sites for hydroxylation is 1. The molecule has 1 N–H and O–H groups in total. The summed E-state index contributed by atoms with van der Waals surface area (Å²) < 4.78 is 6.99. The molecule has 3 aromatic rings. The molecule has 6 heteroatoms. The number of phenolic OH excluding ortho intramolecular Hbond substituents is 1. The highest BCUT2D eigenvalue weighted by molar-refractivity contribution is 5.61. The van der Waals surface area contributed by atoms with Crippen LogP contribution < -0.4 is 0 Å². The van der Waals surface area contributed by atoms with Crippen LogP contribution in [0.4, 0.5) is 0 Å². The van der Waals surface area contributed by atoms with Crippen molar-refractivity contribution in [3.63, 3.8) is 0 Å². The second-order valence-electron chi connectivity index (χ2n) is 4.24. The lowest BCUT2D eigenvalue weighted by molar-refractivity contribution is 0.432. The Morgan fingerprint density at radius 1 is 1.32 bits per heavy atom. The fraction of sp³-hybridized carbons (Fsp3) is 0.154. The largest absolute Gasteiger partial charge is 0.508 e. The summed E-state index contributed by atoms with van der Waals surface area (Å²) in [6.07, 6.45) is 1.69. The molecule has 0 amide bonds. The monoisotopic (exact) mass is 256 g/mol. The summed E-state index contributed by atoms with van der Waals surface area (Å²) in [5, 5.41) is 17.5. The van der Waals surface area contributed by atoms with E-state index in [4.69, 9.17) is 4.52 Å². The molecular weight excluding hydrogens is 244 g/mol. The first-order valence-corrected chi connectivity index (χ1v) is 5.77. The van der Waals surface area contributed by atoms with Gasteiger partial charge in [0.2, 0.25) is 5.82 Å². The van der Waals surface area contributed by atoms with Crippen LogP contribution in [0.3, 0.4) is 0 Å². The maximum Gasteiger partial charge on any atom is 0.261 e. The molecule has 0 radical (unpaired) electrons. The second-order valence-corrected chi connectivity index (χ2v) is 4.24. The zero-order valence-corrected chi connectivity index (χ0v) is 10.5. The number of aromatic nitrogens is 4. The van der Waals surface area contributed by atoms with Gasteiger partial charge in [-0.15, -0.1) is 0 Å². The summed E-state index contributed by atoms with van der Waals surface area (Å²) in [4.78, 5) is 4.32. The highest BCUT2D eigenvalue weighted by Crippen LogP contribution is 2.25. The third kappa shape index (κ3) is 1.97. The fourth-order valence-electron chi connectivity index (χ4n) is 1.80. The van der Waals surface area contributed by atoms with Gasteiger partial charge < -0.3 is 9.63 Å². The number of aromatic hydroxyl groups is 1. The quantitative estimate of drug-likeness (QED) is 0.760. The van der Waals surface area contributed by atoms with Crippen molar-refractivity contribution >= 4 is 0 Å². The highest BCUT2D eigenvalue weighted by Gasteiger charge is 2.15. The molecule has 0 spiro atoms. The molecule has 0 atom stereocenters. The van der Waals surface area contributed by atoms with Gasteiger partial charge in [0.05, 0.1) is 11.8 Å². The van der Waals surface area contributed by atoms with Crippen molar-refractivity contribution in [2.24, 2.45) is 7.05 Å². The minimum atomic E-state index is 0.168. The smallest absolute Gasteiger partial charge is 0.261 e. The van der Waals surface area contributed by atoms with Crippen LogP contribution in [0.1, 0.15) is 5.69 Å². The molecule has 1 aromatic carbocycles. The Labute approximate surface area is 109 Å². The first-order valence-electron chi connectivity index (χ1n) is 5.77. The SMILES string of the molecule is Cc1c(-c2nc(-c3cccc(O)c3)no2)cnn1C. The summed E-state index contributed by atoms with van der Waals surface area (Å²) >= 11 is 0. The van der Waals surface area contributed by atoms with Crippen LogP contribution in [0.2, 0.25) is 0 Å². The lowest BCUT2D eigenvalue weighted by atomic mass is 10.2. The molecule has 19 heavy (non-hydrogen) atoms. The average molecular weight is 256 g/mol. The maximum atomic E-state index is 9.45. The van der Waals surface area contributed by atoms with Crippen LogP contribution in [0, 0.1) is 6.92 Å². The Hall–Kier alpha value is -2.63. The fourth-order valence-corrected chi connectivity index (χ4v) is 1.80. The van der Waals surface area contributed by atoms with Crippen LogP contribution in [0.5, 0.6) is 5.75 Å². The van der Waals surface area contributed by atoms with Crippen molar-refractivity contribution < 1.29 is 9.63 Å². The number of rotatable bonds is 2. The predicted octanol–water partition coefficient (Wildman–Crippen LogP) is 2.15. The Morgan fingerprint density at radius 3 is 2.84 bits per heavy atom. The standard InChI is InChI=1S/C13H12N4O2/c1-8-11(7-14-17(8)2)13-15-12(16-19-13)9-4-3-5-10(18)6-9/h3-7,18H,1-2H3. The van der Waals surface area contributed by atoms with E-state index in [-0.39, 0.29) is 5.75 Å². The molecule has 96 valence electrons. The second kappa shape index (κ2) is 4.24. The Morgan fingerprint density at radius 2 is 2.16 bits per heavy atom. The molecule has 0 saturated heterocycles. The van der Waals surface area contributed by atoms with E-state index in [0.29, 0.717) is 17.3 Å². The molecule has 0 aliphatic rings. The number of benzene rings is 1. The molecule has 2 heterocycles. The van der Waals surface area contributed by atoms with Crippen molar-refractivity contribution in [1.29, 1.82) is 0 Å². The lowest BCUT2D eigenvalue weighted by Crippen LogP contribution is -1.92. The molecule has 3 rings (SSSR count). The van der Waals surface area contributed by atoms with Gasteiger partial charge in [0.15, 0.2) is 0 Å². The van der Waals surface area contributed by atoms with Crippen molar-refractivity contribution in [1.82, 2.24) is 19.9 Å². The summed E-state index contributed by atoms with van der Waals surface area (Å²) in [5.74, 6) is 1.03. The van der Waals surface area contributed by atoms with E-state index in [2.05, 4.69) is 15.2 Å². The zero-order chi connectivity index (χ0) is 13.4. The minimum absolute atomic E-state index is 0.168. The van der Waals surface area contributed by atoms with Gasteiger partial charge in [0, 0.05) is 18.3 Å². The van der Waals surface area contributed by atoms with E-state index >= 15 is 0 Å². The zero-order valence-electron chi connectivity index (χ0n) is 10.5. The van der Waals surface area contributed by atoms with Crippen molar-refractivity contribution in [3.05, 3.63) is 36.2 Å². The van der Waals surface area contributed by atoms with E-state index < -0.39 is 0 Å². The van der Waals surface area contributed by atoms with Crippen molar-refractivity contribution in [2.75, 3.05) is 0 Å². The van der Waals surface area contributed by atoms with Gasteiger partial charge in [-0.25, -0.2) is 0 Å². The van der Waals surface area contributed by atoms with E-state index in [1.807, 2.05) is 20.0 Å². The Balaban J connectivity index is 2.02. The molecule has 0 unspecified atom stereocenters. The average Bonchev–Trinajstić information content (AvgIpc) is 2.98. The van der Waals surface area contributed by atoms with Crippen LogP contribution in [0.25, 0.3) is 22.8 Å². The van der Waals surface area contributed by atoms with E-state index in [9.17, 15) is 5.11 Å². The van der Waals surface area contributed by atoms with Crippen LogP contribution in [-0.2, 0) is 7.05 Å². The van der Waals surface area contributed by atoms with Gasteiger partial charge in [-0.1, -0.05) is 17.3 Å². The third-order valence-electron chi connectivity index (χ3n) is 3.00. The molecular formula is C13H12N4O2. The van der Waals surface area contributed by atoms with Crippen LogP contribution >= 0.6 is 0 Å². The van der Waals surface area contributed by atoms with Gasteiger partial charge in [0.25, 0.3) is 5.89 Å². The first-order chi connectivity index (χ1) is 9.15. The molecule has 0 aliphatic heterocycles. The lowest BCUT2D eigenvalue weighted by Gasteiger charge is -1.95. The van der Waals surface area contributed by atoms with Gasteiger partial charge in [-0.05, 0) is 19.1 Å². The molecule has 0 aliphatic carbocycles. The highest BCUT2D eigenvalue weighted by atomic mass is 16.5. The van der Waals surface area contributed by atoms with Crippen molar-refractivity contribution in [2.45, 2.75) is 6.92 Å². The molecule has 2 aromatic heterocycles. The summed E-state index contributed by atoms with van der Waals surface area (Å²) in [6.45, 7) is 1.93. The van der Waals surface area contributed by atoms with E-state index in [1.54, 1.807) is 29.1 Å². The van der Waals surface area contributed by atoms with Gasteiger partial charge in [0.1, 0.15) is 5.75 Å². The number of nitrogens with zero attached hydrogens (tertiary/aromatic N) is 4. The van der Waals surface area contributed by atoms with E-state index in [1.165, 1.54) is 0 Å². The van der Waals surface area contributed by atoms with Gasteiger partial charge in [-0.3, -0.25) is 4.68 Å². The predicted molar refractivity (Wildman–Crippen MR) is 68.3 cm³/mol. The molecule has 0 fully saturated rings. The Kier molecular flexibility index (Phi) is 2.56. The molecule has 6 nitrogen and oxygen atoms in total. The number of phenols is 1. The molecule has 0 bridgehead atoms. The number of hydrogen-bond acceptors (Lipinski definition) is 5. The topological polar surface area (TPSA) is 77.0 Å². The van der Waals surface area contributed by atoms with Crippen LogP contribution in [0.15, 0.2) is 35.0 Å². The normalized spacial score (nSPS) is 10.8. The maximum absolute atomic E-state index is 9.45. The van der Waals surface area contributed by atoms with Gasteiger partial charge in [-0.2, -0.15) is 10.1 Å². The van der Waals surface area contributed by atoms with Crippen LogP contribution in [-0.4, -0.2) is 25.0 Å². The minimum Gasteiger partial charge on any atom is -0.508 e. The Bertz CT molecular complexity index is 730. The van der Waals surface area contributed by atoms with E-state index in [0.717, 1.165) is 11.3 Å². The summed E-state index contributed by atoms with van der Waals surface area (Å²) in [5.41, 5.74) is 2.46. The summed E-state index contributed by atoms with van der Waals surface area (Å²) in [7, 11) is 1.85. The molecule has 0 saturated carbocycles. The first kappa shape index (κ1) is 11.5. The van der Waals surface area contributed by atoms with Crippen molar-refractivity contribution in [3.8, 4) is 28.6 Å². The number of hydrogen-bond donors (Lipinski definition) is 1. The third-order valence-corrected chi connectivity index (χ3v) is 3.00. The van der Waals surface area contributed by atoms with Gasteiger partial charge >= 0.3 is 0 Å². The summed E-state index contributed by atoms with van der Waals surface area (Å²) in [6, 6.07) is 6.72.